The van der Waals surface area contributed by atoms with E-state index in [9.17, 15) is 23.7 Å². The van der Waals surface area contributed by atoms with E-state index in [1.165, 1.54) is 46.0 Å². The number of carbonyl (C=O) groups excluding carboxylic acids is 2. The SMILES string of the molecule is O=C(CS(=O)c1cccs1)NC1C(=O)N2C(C(=O)O)=C(CSc3cn[nH]n3)CS[C@@H]12. The highest BCUT2D eigenvalue weighted by molar-refractivity contribution is 8.01. The van der Waals surface area contributed by atoms with Crippen LogP contribution in [-0.2, 0) is 25.2 Å². The fourth-order valence-corrected chi connectivity index (χ4v) is 7.20. The number of thioether (sulfide) groups is 2. The predicted molar refractivity (Wildman–Crippen MR) is 112 cm³/mol. The summed E-state index contributed by atoms with van der Waals surface area (Å²) < 4.78 is 12.8. The maximum absolute atomic E-state index is 12.6. The Morgan fingerprint density at radius 2 is 2.30 bits per heavy atom. The maximum Gasteiger partial charge on any atom is 0.352 e. The van der Waals surface area contributed by atoms with Gasteiger partial charge in [-0.05, 0) is 17.0 Å². The Kier molecular flexibility index (Phi) is 6.26. The van der Waals surface area contributed by atoms with E-state index >= 15 is 0 Å². The van der Waals surface area contributed by atoms with Crippen LogP contribution in [0.15, 0.2) is 44.2 Å². The Balaban J connectivity index is 1.41. The molecular weight excluding hydrogens is 470 g/mol. The molecule has 2 aromatic heterocycles. The van der Waals surface area contributed by atoms with Gasteiger partial charge in [0.1, 0.15) is 27.9 Å². The zero-order valence-corrected chi connectivity index (χ0v) is 18.4. The molecule has 10 nitrogen and oxygen atoms in total. The number of hydrogen-bond acceptors (Lipinski definition) is 9. The number of carboxylic acid groups (broad SMARTS) is 1. The van der Waals surface area contributed by atoms with E-state index in [0.29, 0.717) is 26.3 Å². The predicted octanol–water partition coefficient (Wildman–Crippen LogP) is 0.505. The number of β-lactam (4-membered cyclic amide) rings is 1. The van der Waals surface area contributed by atoms with Gasteiger partial charge in [-0.15, -0.1) is 28.2 Å². The number of carboxylic acids is 1. The topological polar surface area (TPSA) is 145 Å². The van der Waals surface area contributed by atoms with E-state index in [1.54, 1.807) is 17.5 Å². The molecule has 3 atom stereocenters. The molecular formula is C16H15N5O5S4. The minimum absolute atomic E-state index is 0.0487. The van der Waals surface area contributed by atoms with Gasteiger partial charge < -0.3 is 10.4 Å². The van der Waals surface area contributed by atoms with Gasteiger partial charge in [-0.25, -0.2) is 4.79 Å². The lowest BCUT2D eigenvalue weighted by Gasteiger charge is -2.49. The average Bonchev–Trinajstić information content (AvgIpc) is 3.43. The third-order valence-electron chi connectivity index (χ3n) is 4.34. The van der Waals surface area contributed by atoms with Crippen LogP contribution in [0.1, 0.15) is 0 Å². The van der Waals surface area contributed by atoms with Crippen LogP contribution in [0.2, 0.25) is 0 Å². The summed E-state index contributed by atoms with van der Waals surface area (Å²) >= 11 is 4.00. The molecule has 0 aromatic carbocycles. The van der Waals surface area contributed by atoms with Crippen LogP contribution in [0.3, 0.4) is 0 Å². The fraction of sp³-hybridized carbons (Fsp3) is 0.312. The highest BCUT2D eigenvalue weighted by Crippen LogP contribution is 2.41. The zero-order valence-electron chi connectivity index (χ0n) is 15.1. The highest BCUT2D eigenvalue weighted by atomic mass is 32.2. The van der Waals surface area contributed by atoms with Crippen molar-refractivity contribution in [3.05, 3.63) is 35.0 Å². The van der Waals surface area contributed by atoms with E-state index in [0.717, 1.165) is 0 Å². The van der Waals surface area contributed by atoms with Gasteiger partial charge in [-0.2, -0.15) is 10.3 Å². The fourth-order valence-electron chi connectivity index (χ4n) is 3.01. The molecule has 0 bridgehead atoms. The van der Waals surface area contributed by atoms with Crippen molar-refractivity contribution in [2.75, 3.05) is 17.3 Å². The van der Waals surface area contributed by atoms with Crippen LogP contribution in [0.5, 0.6) is 0 Å². The van der Waals surface area contributed by atoms with Gasteiger partial charge in [0.15, 0.2) is 0 Å². The summed E-state index contributed by atoms with van der Waals surface area (Å²) in [5.41, 5.74) is 0.557. The molecule has 0 aliphatic carbocycles. The first-order valence-electron chi connectivity index (χ1n) is 8.55. The van der Waals surface area contributed by atoms with Gasteiger partial charge >= 0.3 is 5.97 Å². The lowest BCUT2D eigenvalue weighted by atomic mass is 10.0. The van der Waals surface area contributed by atoms with E-state index in [2.05, 4.69) is 20.7 Å². The largest absolute Gasteiger partial charge is 0.477 e. The van der Waals surface area contributed by atoms with Crippen LogP contribution in [-0.4, -0.2) is 76.1 Å². The second-order valence-electron chi connectivity index (χ2n) is 6.23. The number of fused-ring (bicyclic) bond motifs is 1. The normalized spacial score (nSPS) is 21.7. The van der Waals surface area contributed by atoms with E-state index in [4.69, 9.17) is 0 Å². The molecule has 2 unspecified atom stereocenters. The summed E-state index contributed by atoms with van der Waals surface area (Å²) in [5, 5.41) is 24.3. The van der Waals surface area contributed by atoms with E-state index < -0.39 is 40.0 Å². The Bertz CT molecular complexity index is 1020. The van der Waals surface area contributed by atoms with Crippen LogP contribution in [0, 0.1) is 0 Å². The summed E-state index contributed by atoms with van der Waals surface area (Å²) in [6, 6.07) is 2.60. The molecule has 158 valence electrons. The number of H-pyrrole nitrogens is 1. The molecule has 14 heteroatoms. The Hall–Kier alpha value is -2.16. The van der Waals surface area contributed by atoms with Crippen LogP contribution in [0.4, 0.5) is 0 Å². The smallest absolute Gasteiger partial charge is 0.352 e. The molecule has 4 rings (SSSR count). The number of rotatable bonds is 8. The lowest BCUT2D eigenvalue weighted by molar-refractivity contribution is -0.150. The first kappa shape index (κ1) is 21.1. The van der Waals surface area contributed by atoms with Crippen molar-refractivity contribution in [2.45, 2.75) is 20.7 Å². The number of amides is 2. The molecule has 3 N–H and O–H groups in total. The first-order chi connectivity index (χ1) is 14.5. The van der Waals surface area contributed by atoms with E-state index in [1.807, 2.05) is 0 Å². The minimum atomic E-state index is -1.48. The maximum atomic E-state index is 12.6. The van der Waals surface area contributed by atoms with Crippen molar-refractivity contribution >= 4 is 63.4 Å². The first-order valence-corrected chi connectivity index (χ1v) is 12.8. The number of carbonyl (C=O) groups is 3. The van der Waals surface area contributed by atoms with Gasteiger partial charge in [0.05, 0.1) is 21.2 Å². The number of nitrogens with one attached hydrogen (secondary N) is 2. The molecule has 2 aliphatic rings. The summed E-state index contributed by atoms with van der Waals surface area (Å²) in [6.07, 6.45) is 1.53. The van der Waals surface area contributed by atoms with Crippen molar-refractivity contribution in [1.29, 1.82) is 0 Å². The standard InChI is InChI=1S/C16H15N5O5S4/c22-9(7-30(26)11-2-1-3-27-11)18-12-14(23)21-13(16(24)25)8(6-29-15(12)21)5-28-10-4-17-20-19-10/h1-4,12,15H,5-7H2,(H,18,22)(H,24,25)(H,17,19,20)/t12?,15-,30?/m0/s1. The molecule has 2 amide bonds. The van der Waals surface area contributed by atoms with Crippen LogP contribution in [0.25, 0.3) is 0 Å². The zero-order chi connectivity index (χ0) is 21.3. The molecule has 0 saturated carbocycles. The summed E-state index contributed by atoms with van der Waals surface area (Å²) in [6.45, 7) is 0. The highest BCUT2D eigenvalue weighted by Gasteiger charge is 2.54. The molecule has 0 radical (unpaired) electrons. The third kappa shape index (κ3) is 4.17. The Morgan fingerprint density at radius 3 is 2.97 bits per heavy atom. The van der Waals surface area contributed by atoms with Gasteiger partial charge in [-0.3, -0.25) is 18.7 Å². The number of aromatic amines is 1. The monoisotopic (exact) mass is 485 g/mol. The summed E-state index contributed by atoms with van der Waals surface area (Å²) in [5.74, 6) is -1.66. The molecule has 2 aromatic rings. The quantitative estimate of drug-likeness (QED) is 0.359. The molecule has 2 aliphatic heterocycles. The van der Waals surface area contributed by atoms with Gasteiger partial charge in [-0.1, -0.05) is 17.8 Å². The number of aliphatic carboxylic acids is 1. The summed E-state index contributed by atoms with van der Waals surface area (Å²) in [7, 11) is -1.48. The number of thiophene rings is 1. The van der Waals surface area contributed by atoms with Crippen molar-refractivity contribution < 1.29 is 23.7 Å². The second kappa shape index (κ2) is 8.91. The Labute approximate surface area is 185 Å². The number of aromatic nitrogens is 3. The molecule has 30 heavy (non-hydrogen) atoms. The van der Waals surface area contributed by atoms with Crippen molar-refractivity contribution in [1.82, 2.24) is 25.6 Å². The van der Waals surface area contributed by atoms with Crippen LogP contribution < -0.4 is 5.32 Å². The van der Waals surface area contributed by atoms with Crippen molar-refractivity contribution in [3.8, 4) is 0 Å². The molecule has 1 saturated heterocycles. The number of nitrogens with zero attached hydrogens (tertiary/aromatic N) is 3. The Morgan fingerprint density at radius 1 is 1.47 bits per heavy atom. The molecule has 1 fully saturated rings. The average molecular weight is 486 g/mol. The van der Waals surface area contributed by atoms with Crippen molar-refractivity contribution in [3.63, 3.8) is 0 Å². The molecule has 0 spiro atoms. The lowest BCUT2D eigenvalue weighted by Crippen LogP contribution is -2.70. The van der Waals surface area contributed by atoms with Crippen LogP contribution >= 0.6 is 34.9 Å². The van der Waals surface area contributed by atoms with Gasteiger partial charge in [0.2, 0.25) is 5.91 Å². The van der Waals surface area contributed by atoms with E-state index in [-0.39, 0.29) is 11.4 Å². The number of hydrogen-bond donors (Lipinski definition) is 3. The second-order valence-corrected chi connectivity index (χ2v) is 11.0. The minimum Gasteiger partial charge on any atom is -0.477 e. The molecule has 4 heterocycles. The third-order valence-corrected chi connectivity index (χ3v) is 9.28. The van der Waals surface area contributed by atoms with Gasteiger partial charge in [0, 0.05) is 11.5 Å². The van der Waals surface area contributed by atoms with Gasteiger partial charge in [0.25, 0.3) is 5.91 Å². The summed E-state index contributed by atoms with van der Waals surface area (Å²) in [4.78, 5) is 37.9. The van der Waals surface area contributed by atoms with Crippen molar-refractivity contribution in [2.24, 2.45) is 0 Å².